The van der Waals surface area contributed by atoms with Crippen LogP contribution >= 0.6 is 24.0 Å². The van der Waals surface area contributed by atoms with Gasteiger partial charge in [-0.1, -0.05) is 24.0 Å². The van der Waals surface area contributed by atoms with Gasteiger partial charge in [-0.3, -0.25) is 14.5 Å². The van der Waals surface area contributed by atoms with E-state index in [4.69, 9.17) is 22.1 Å². The topological polar surface area (TPSA) is 87.1 Å². The molecule has 2 N–H and O–H groups in total. The van der Waals surface area contributed by atoms with Crippen molar-refractivity contribution in [1.29, 1.82) is 0 Å². The van der Waals surface area contributed by atoms with Gasteiger partial charge in [0.25, 0.3) is 5.91 Å². The fraction of sp³-hybridized carbons (Fsp3) is 0.154. The molecule has 1 heterocycles. The number of hydrogen-bond donors (Lipinski definition) is 2. The molecule has 1 fully saturated rings. The van der Waals surface area contributed by atoms with Crippen molar-refractivity contribution < 1.29 is 24.5 Å². The molecular weight excluding hydrogens is 314 g/mol. The van der Waals surface area contributed by atoms with E-state index in [1.165, 1.54) is 19.2 Å². The molecule has 21 heavy (non-hydrogen) atoms. The van der Waals surface area contributed by atoms with Gasteiger partial charge in [-0.25, -0.2) is 0 Å². The zero-order valence-corrected chi connectivity index (χ0v) is 12.5. The molecule has 0 saturated carbocycles. The molecule has 0 radical (unpaired) electrons. The normalized spacial score (nSPS) is 16.6. The van der Waals surface area contributed by atoms with Crippen molar-refractivity contribution in [1.82, 2.24) is 4.90 Å². The standard InChI is InChI=1S/C13H11NO5S2/c1-19-9-5-8(15)3-2-7(9)4-10-12(18)14(6-11(16)17)13(20)21-10/h2-5,15H,6H2,1H3,(H,16,17). The van der Waals surface area contributed by atoms with Crippen LogP contribution in [0.4, 0.5) is 0 Å². The van der Waals surface area contributed by atoms with Gasteiger partial charge in [0.2, 0.25) is 0 Å². The van der Waals surface area contributed by atoms with E-state index in [0.29, 0.717) is 16.2 Å². The van der Waals surface area contributed by atoms with Gasteiger partial charge in [0.1, 0.15) is 22.4 Å². The Morgan fingerprint density at radius 3 is 2.86 bits per heavy atom. The van der Waals surface area contributed by atoms with Crippen LogP contribution in [0.2, 0.25) is 0 Å². The highest BCUT2D eigenvalue weighted by atomic mass is 32.2. The number of carboxylic acid groups (broad SMARTS) is 1. The first kappa shape index (κ1) is 15.3. The lowest BCUT2D eigenvalue weighted by Crippen LogP contribution is -2.33. The molecule has 8 heteroatoms. The van der Waals surface area contributed by atoms with E-state index < -0.39 is 18.4 Å². The molecule has 1 saturated heterocycles. The van der Waals surface area contributed by atoms with Crippen molar-refractivity contribution in [2.24, 2.45) is 0 Å². The van der Waals surface area contributed by atoms with Gasteiger partial charge in [-0.2, -0.15) is 0 Å². The first-order chi connectivity index (χ1) is 9.92. The Morgan fingerprint density at radius 1 is 1.52 bits per heavy atom. The molecule has 0 aromatic heterocycles. The maximum absolute atomic E-state index is 12.1. The zero-order chi connectivity index (χ0) is 15.6. The quantitative estimate of drug-likeness (QED) is 0.643. The molecule has 110 valence electrons. The number of amides is 1. The van der Waals surface area contributed by atoms with Gasteiger partial charge >= 0.3 is 5.97 Å². The summed E-state index contributed by atoms with van der Waals surface area (Å²) in [5.74, 6) is -1.14. The molecule has 6 nitrogen and oxygen atoms in total. The number of benzene rings is 1. The van der Waals surface area contributed by atoms with Crippen LogP contribution in [-0.4, -0.2) is 45.0 Å². The van der Waals surface area contributed by atoms with Crippen LogP contribution in [-0.2, 0) is 9.59 Å². The SMILES string of the molecule is COc1cc(O)ccc1C=C1SC(=S)N(CC(=O)O)C1=O. The van der Waals surface area contributed by atoms with Crippen LogP contribution in [0.1, 0.15) is 5.56 Å². The molecule has 1 aliphatic rings. The average molecular weight is 325 g/mol. The van der Waals surface area contributed by atoms with Crippen molar-refractivity contribution >= 4 is 46.3 Å². The van der Waals surface area contributed by atoms with Crippen molar-refractivity contribution in [3.8, 4) is 11.5 Å². The molecule has 1 aromatic rings. The molecule has 0 spiro atoms. The van der Waals surface area contributed by atoms with Crippen molar-refractivity contribution in [3.63, 3.8) is 0 Å². The average Bonchev–Trinajstić information content (AvgIpc) is 2.68. The van der Waals surface area contributed by atoms with Gasteiger partial charge in [0.05, 0.1) is 12.0 Å². The van der Waals surface area contributed by atoms with E-state index in [0.717, 1.165) is 16.7 Å². The Balaban J connectivity index is 2.33. The number of aromatic hydroxyl groups is 1. The highest BCUT2D eigenvalue weighted by Crippen LogP contribution is 2.34. The first-order valence-corrected chi connectivity index (χ1v) is 6.99. The number of hydrogen-bond acceptors (Lipinski definition) is 6. The highest BCUT2D eigenvalue weighted by Gasteiger charge is 2.33. The fourth-order valence-electron chi connectivity index (χ4n) is 1.73. The number of ether oxygens (including phenoxy) is 1. The van der Waals surface area contributed by atoms with Gasteiger partial charge in [-0.15, -0.1) is 0 Å². The van der Waals surface area contributed by atoms with E-state index in [2.05, 4.69) is 0 Å². The van der Waals surface area contributed by atoms with E-state index in [9.17, 15) is 14.7 Å². The minimum absolute atomic E-state index is 0.0439. The van der Waals surface area contributed by atoms with Crippen LogP contribution in [0.5, 0.6) is 11.5 Å². The summed E-state index contributed by atoms with van der Waals surface area (Å²) in [6.45, 7) is -0.464. The molecule has 0 unspecified atom stereocenters. The molecule has 0 atom stereocenters. The molecule has 0 aliphatic carbocycles. The van der Waals surface area contributed by atoms with Crippen LogP contribution in [0.25, 0.3) is 6.08 Å². The number of thioether (sulfide) groups is 1. The monoisotopic (exact) mass is 325 g/mol. The van der Waals surface area contributed by atoms with Gasteiger partial charge in [0, 0.05) is 11.6 Å². The molecule has 1 amide bonds. The van der Waals surface area contributed by atoms with Crippen LogP contribution < -0.4 is 4.74 Å². The smallest absolute Gasteiger partial charge is 0.323 e. The number of carboxylic acids is 1. The lowest BCUT2D eigenvalue weighted by molar-refractivity contribution is -0.140. The molecular formula is C13H11NO5S2. The number of carbonyl (C=O) groups is 2. The number of thiocarbonyl (C=S) groups is 1. The number of rotatable bonds is 4. The third-order valence-electron chi connectivity index (χ3n) is 2.67. The van der Waals surface area contributed by atoms with Crippen LogP contribution in [0.3, 0.4) is 0 Å². The second-order valence-electron chi connectivity index (χ2n) is 4.09. The third kappa shape index (κ3) is 3.34. The molecule has 1 aliphatic heterocycles. The van der Waals surface area contributed by atoms with Crippen LogP contribution in [0, 0.1) is 0 Å². The van der Waals surface area contributed by atoms with Crippen molar-refractivity contribution in [2.75, 3.05) is 13.7 Å². The van der Waals surface area contributed by atoms with Gasteiger partial charge in [-0.05, 0) is 18.2 Å². The summed E-state index contributed by atoms with van der Waals surface area (Å²) in [5.41, 5.74) is 0.589. The number of nitrogens with zero attached hydrogens (tertiary/aromatic N) is 1. The lowest BCUT2D eigenvalue weighted by Gasteiger charge is -2.10. The molecule has 0 bridgehead atoms. The third-order valence-corrected chi connectivity index (χ3v) is 4.05. The Labute approximate surface area is 130 Å². The second-order valence-corrected chi connectivity index (χ2v) is 5.76. The maximum Gasteiger partial charge on any atom is 0.323 e. The Morgan fingerprint density at radius 2 is 2.24 bits per heavy atom. The highest BCUT2D eigenvalue weighted by molar-refractivity contribution is 8.26. The predicted molar refractivity (Wildman–Crippen MR) is 82.2 cm³/mol. The number of carbonyl (C=O) groups excluding carboxylic acids is 1. The Hall–Kier alpha value is -2.06. The predicted octanol–water partition coefficient (Wildman–Crippen LogP) is 1.69. The van der Waals surface area contributed by atoms with E-state index in [-0.39, 0.29) is 10.1 Å². The van der Waals surface area contributed by atoms with E-state index in [1.807, 2.05) is 0 Å². The van der Waals surface area contributed by atoms with Crippen molar-refractivity contribution in [2.45, 2.75) is 0 Å². The summed E-state index contributed by atoms with van der Waals surface area (Å²) in [7, 11) is 1.45. The number of methoxy groups -OCH3 is 1. The number of phenols is 1. The van der Waals surface area contributed by atoms with Crippen molar-refractivity contribution in [3.05, 3.63) is 28.7 Å². The number of aliphatic carboxylic acids is 1. The second kappa shape index (κ2) is 6.15. The summed E-state index contributed by atoms with van der Waals surface area (Å²) in [5, 5.41) is 18.2. The summed E-state index contributed by atoms with van der Waals surface area (Å²) in [6, 6.07) is 4.48. The van der Waals surface area contributed by atoms with Gasteiger partial charge < -0.3 is 14.9 Å². The molecule has 1 aromatic carbocycles. The maximum atomic E-state index is 12.1. The summed E-state index contributed by atoms with van der Waals surface area (Å²) >= 11 is 6.03. The zero-order valence-electron chi connectivity index (χ0n) is 10.9. The summed E-state index contributed by atoms with van der Waals surface area (Å²) in [4.78, 5) is 24.2. The van der Waals surface area contributed by atoms with Gasteiger partial charge in [0.15, 0.2) is 0 Å². The van der Waals surface area contributed by atoms with E-state index >= 15 is 0 Å². The summed E-state index contributed by atoms with van der Waals surface area (Å²) < 4.78 is 5.32. The van der Waals surface area contributed by atoms with E-state index in [1.54, 1.807) is 12.1 Å². The Kier molecular flexibility index (Phi) is 4.49. The lowest BCUT2D eigenvalue weighted by atomic mass is 10.1. The Bertz CT molecular complexity index is 656. The van der Waals surface area contributed by atoms with Crippen LogP contribution in [0.15, 0.2) is 23.1 Å². The minimum atomic E-state index is -1.13. The molecule has 2 rings (SSSR count). The summed E-state index contributed by atoms with van der Waals surface area (Å²) in [6.07, 6.45) is 1.55. The first-order valence-electron chi connectivity index (χ1n) is 5.76. The minimum Gasteiger partial charge on any atom is -0.508 e. The fourth-order valence-corrected chi connectivity index (χ4v) is 2.98. The largest absolute Gasteiger partial charge is 0.508 e. The number of phenolic OH excluding ortho intramolecular Hbond substituents is 1.